The van der Waals surface area contributed by atoms with Crippen molar-refractivity contribution in [1.29, 1.82) is 0 Å². The number of carbonyl (C=O) groups is 2. The van der Waals surface area contributed by atoms with E-state index in [0.29, 0.717) is 6.54 Å². The molecule has 1 atom stereocenters. The second-order valence-electron chi connectivity index (χ2n) is 4.01. The van der Waals surface area contributed by atoms with Gasteiger partial charge < -0.3 is 20.5 Å². The molecule has 1 fully saturated rings. The first-order valence-electron chi connectivity index (χ1n) is 5.35. The lowest BCUT2D eigenvalue weighted by molar-refractivity contribution is -0.147. The molecule has 1 rings (SSSR count). The maximum atomic E-state index is 11.4. The number of thioether (sulfide) groups is 1. The second kappa shape index (κ2) is 6.11. The normalized spacial score (nSPS) is 18.2. The molecule has 0 bridgehead atoms. The van der Waals surface area contributed by atoms with E-state index in [-0.39, 0.29) is 17.3 Å². The lowest BCUT2D eigenvalue weighted by Crippen LogP contribution is -2.44. The molecular formula is C10H18N2O4S. The van der Waals surface area contributed by atoms with Gasteiger partial charge in [0.2, 0.25) is 0 Å². The number of methoxy groups -OCH3 is 1. The van der Waals surface area contributed by atoms with Crippen molar-refractivity contribution in [3.8, 4) is 0 Å². The Morgan fingerprint density at radius 2 is 2.12 bits per heavy atom. The molecular weight excluding hydrogens is 244 g/mol. The summed E-state index contributed by atoms with van der Waals surface area (Å²) >= 11 is 1.75. The Balaban J connectivity index is 2.19. The Bertz CT molecular complexity index is 294. The zero-order valence-electron chi connectivity index (χ0n) is 9.99. The third-order valence-electron chi connectivity index (χ3n) is 2.82. The van der Waals surface area contributed by atoms with E-state index >= 15 is 0 Å². The van der Waals surface area contributed by atoms with Gasteiger partial charge in [-0.05, 0) is 19.1 Å². The molecule has 0 radical (unpaired) electrons. The summed E-state index contributed by atoms with van der Waals surface area (Å²) in [6.07, 6.45) is 3.25. The molecule has 0 heterocycles. The fourth-order valence-electron chi connectivity index (χ4n) is 1.35. The van der Waals surface area contributed by atoms with Crippen LogP contribution in [0.4, 0.5) is 4.79 Å². The molecule has 0 aromatic carbocycles. The van der Waals surface area contributed by atoms with E-state index in [1.54, 1.807) is 11.8 Å². The minimum Gasteiger partial charge on any atom is -0.479 e. The predicted molar refractivity (Wildman–Crippen MR) is 65.3 cm³/mol. The molecule has 1 aliphatic carbocycles. The van der Waals surface area contributed by atoms with Gasteiger partial charge in [-0.25, -0.2) is 9.59 Å². The molecule has 0 aromatic rings. The van der Waals surface area contributed by atoms with E-state index < -0.39 is 12.1 Å². The molecule has 0 aliphatic heterocycles. The van der Waals surface area contributed by atoms with Crippen LogP contribution in [0.15, 0.2) is 0 Å². The number of hydrogen-bond acceptors (Lipinski definition) is 4. The molecule has 1 saturated carbocycles. The van der Waals surface area contributed by atoms with Crippen molar-refractivity contribution in [3.05, 3.63) is 0 Å². The molecule has 7 heteroatoms. The van der Waals surface area contributed by atoms with E-state index in [9.17, 15) is 9.59 Å². The summed E-state index contributed by atoms with van der Waals surface area (Å²) < 4.78 is 4.89. The Labute approximate surface area is 104 Å². The third kappa shape index (κ3) is 4.43. The van der Waals surface area contributed by atoms with Crippen LogP contribution in [0.2, 0.25) is 0 Å². The molecule has 17 heavy (non-hydrogen) atoms. The molecule has 2 amide bonds. The number of carboxylic acids is 1. The van der Waals surface area contributed by atoms with Crippen molar-refractivity contribution in [2.45, 2.75) is 23.7 Å². The number of aliphatic carboxylic acids is 1. The topological polar surface area (TPSA) is 87.7 Å². The monoisotopic (exact) mass is 262 g/mol. The van der Waals surface area contributed by atoms with Crippen molar-refractivity contribution in [2.24, 2.45) is 0 Å². The lowest BCUT2D eigenvalue weighted by Gasteiger charge is -2.15. The summed E-state index contributed by atoms with van der Waals surface area (Å²) in [6, 6.07) is -0.353. The van der Waals surface area contributed by atoms with Crippen molar-refractivity contribution in [1.82, 2.24) is 10.6 Å². The maximum absolute atomic E-state index is 11.4. The van der Waals surface area contributed by atoms with Crippen LogP contribution in [-0.4, -0.2) is 54.4 Å². The van der Waals surface area contributed by atoms with Gasteiger partial charge in [-0.2, -0.15) is 11.8 Å². The van der Waals surface area contributed by atoms with Gasteiger partial charge in [0.05, 0.1) is 6.54 Å². The maximum Gasteiger partial charge on any atom is 0.334 e. The Morgan fingerprint density at radius 1 is 1.47 bits per heavy atom. The third-order valence-corrected chi connectivity index (χ3v) is 4.24. The van der Waals surface area contributed by atoms with E-state index in [2.05, 4.69) is 10.6 Å². The highest BCUT2D eigenvalue weighted by atomic mass is 32.2. The summed E-state index contributed by atoms with van der Waals surface area (Å²) in [5, 5.41) is 13.9. The summed E-state index contributed by atoms with van der Waals surface area (Å²) in [6.45, 7) is 0.578. The van der Waals surface area contributed by atoms with Gasteiger partial charge in [-0.3, -0.25) is 0 Å². The smallest absolute Gasteiger partial charge is 0.334 e. The first-order valence-corrected chi connectivity index (χ1v) is 6.58. The summed E-state index contributed by atoms with van der Waals surface area (Å²) in [5.41, 5.74) is 0. The summed E-state index contributed by atoms with van der Waals surface area (Å²) in [4.78, 5) is 22.0. The highest BCUT2D eigenvalue weighted by molar-refractivity contribution is 8.00. The Morgan fingerprint density at radius 3 is 2.53 bits per heavy atom. The molecule has 98 valence electrons. The zero-order valence-corrected chi connectivity index (χ0v) is 10.8. The number of urea groups is 1. The zero-order chi connectivity index (χ0) is 12.9. The first-order chi connectivity index (χ1) is 8.03. The quantitative estimate of drug-likeness (QED) is 0.613. The van der Waals surface area contributed by atoms with Crippen LogP contribution in [0.1, 0.15) is 12.8 Å². The van der Waals surface area contributed by atoms with Crippen molar-refractivity contribution in [3.63, 3.8) is 0 Å². The highest BCUT2D eigenvalue weighted by Crippen LogP contribution is 2.46. The Hall–Kier alpha value is -0.950. The standard InChI is InChI=1S/C10H18N2O4S/c1-16-7(8(13)14)5-11-9(15)12-6-10(17-2)3-4-10/h7H,3-6H2,1-2H3,(H,13,14)(H2,11,12,15). The Kier molecular flexibility index (Phi) is 5.07. The van der Waals surface area contributed by atoms with Gasteiger partial charge in [0, 0.05) is 18.4 Å². The van der Waals surface area contributed by atoms with Crippen LogP contribution in [0.3, 0.4) is 0 Å². The number of carbonyl (C=O) groups excluding carboxylic acids is 1. The number of ether oxygens (including phenoxy) is 1. The molecule has 3 N–H and O–H groups in total. The SMILES string of the molecule is COC(CNC(=O)NCC1(SC)CC1)C(=O)O. The number of amides is 2. The minimum absolute atomic E-state index is 0.0378. The van der Waals surface area contributed by atoms with Crippen LogP contribution in [0, 0.1) is 0 Å². The molecule has 6 nitrogen and oxygen atoms in total. The number of rotatable bonds is 7. The van der Waals surface area contributed by atoms with Gasteiger partial charge in [0.15, 0.2) is 6.10 Å². The molecule has 1 aliphatic rings. The average Bonchev–Trinajstić information content (AvgIpc) is 3.07. The van der Waals surface area contributed by atoms with Crippen LogP contribution in [0.25, 0.3) is 0 Å². The summed E-state index contributed by atoms with van der Waals surface area (Å²) in [5.74, 6) is -1.09. The largest absolute Gasteiger partial charge is 0.479 e. The van der Waals surface area contributed by atoms with Crippen molar-refractivity contribution < 1.29 is 19.4 Å². The fraction of sp³-hybridized carbons (Fsp3) is 0.800. The highest BCUT2D eigenvalue weighted by Gasteiger charge is 2.41. The van der Waals surface area contributed by atoms with E-state index in [0.717, 1.165) is 12.8 Å². The molecule has 0 spiro atoms. The van der Waals surface area contributed by atoms with Gasteiger partial charge in [0.1, 0.15) is 0 Å². The molecule has 0 aromatic heterocycles. The van der Waals surface area contributed by atoms with Crippen molar-refractivity contribution >= 4 is 23.8 Å². The first kappa shape index (κ1) is 14.1. The van der Waals surface area contributed by atoms with E-state index in [1.165, 1.54) is 7.11 Å². The van der Waals surface area contributed by atoms with Crippen LogP contribution >= 0.6 is 11.8 Å². The summed E-state index contributed by atoms with van der Waals surface area (Å²) in [7, 11) is 1.30. The molecule has 0 saturated heterocycles. The number of nitrogens with one attached hydrogen (secondary N) is 2. The van der Waals surface area contributed by atoms with Gasteiger partial charge >= 0.3 is 12.0 Å². The van der Waals surface area contributed by atoms with E-state index in [4.69, 9.17) is 9.84 Å². The fourth-order valence-corrected chi connectivity index (χ4v) is 2.08. The van der Waals surface area contributed by atoms with E-state index in [1.807, 2.05) is 6.26 Å². The van der Waals surface area contributed by atoms with Gasteiger partial charge in [0.25, 0.3) is 0 Å². The minimum atomic E-state index is -1.09. The van der Waals surface area contributed by atoms with Gasteiger partial charge in [-0.15, -0.1) is 0 Å². The predicted octanol–water partition coefficient (Wildman–Crippen LogP) is 0.281. The number of carboxylic acid groups (broad SMARTS) is 1. The van der Waals surface area contributed by atoms with Gasteiger partial charge in [-0.1, -0.05) is 0 Å². The number of hydrogen-bond donors (Lipinski definition) is 3. The average molecular weight is 262 g/mol. The van der Waals surface area contributed by atoms with Crippen molar-refractivity contribution in [2.75, 3.05) is 26.5 Å². The second-order valence-corrected chi connectivity index (χ2v) is 5.29. The van der Waals surface area contributed by atoms with Crippen LogP contribution < -0.4 is 10.6 Å². The lowest BCUT2D eigenvalue weighted by atomic mass is 10.3. The van der Waals surface area contributed by atoms with Crippen LogP contribution in [-0.2, 0) is 9.53 Å². The van der Waals surface area contributed by atoms with Crippen LogP contribution in [0.5, 0.6) is 0 Å². The molecule has 1 unspecified atom stereocenters.